The van der Waals surface area contributed by atoms with Crippen LogP contribution in [0.15, 0.2) is 0 Å². The molecule has 0 saturated heterocycles. The van der Waals surface area contributed by atoms with Crippen molar-refractivity contribution in [2.24, 2.45) is 0 Å². The summed E-state index contributed by atoms with van der Waals surface area (Å²) in [5, 5.41) is 0. The van der Waals surface area contributed by atoms with E-state index < -0.39 is 62.6 Å². The quantitative estimate of drug-likeness (QED) is 0.116. The first kappa shape index (κ1) is 57.7. The van der Waals surface area contributed by atoms with Crippen LogP contribution in [0.2, 0.25) is 0 Å². The van der Waals surface area contributed by atoms with Crippen LogP contribution in [0.4, 0.5) is 0 Å². The molecule has 6 unspecified atom stereocenters. The molecule has 200 valence electrons. The Balaban J connectivity index is -0.000000512. The molecule has 0 amide bonds. The molecule has 38 heteroatoms. The van der Waals surface area contributed by atoms with Gasteiger partial charge in [0.2, 0.25) is 0 Å². The van der Waals surface area contributed by atoms with Crippen molar-refractivity contribution in [1.29, 1.82) is 0 Å². The third-order valence-electron chi connectivity index (χ3n) is 1.40. The van der Waals surface area contributed by atoms with E-state index in [1.807, 2.05) is 0 Å². The van der Waals surface area contributed by atoms with Crippen LogP contribution in [0.1, 0.15) is 0 Å². The van der Waals surface area contributed by atoms with Crippen LogP contribution in [0.25, 0.3) is 0 Å². The van der Waals surface area contributed by atoms with Gasteiger partial charge in [-0.3, -0.25) is 36.0 Å². The zero-order valence-electron chi connectivity index (χ0n) is 17.3. The fourth-order valence-corrected chi connectivity index (χ4v) is 10.1. The minimum atomic E-state index is -7.07. The average Bonchev–Trinajstić information content (AvgIpc) is 2.20. The largest absolute Gasteiger partial charge is 2.00 e. The van der Waals surface area contributed by atoms with E-state index in [0.717, 1.165) is 0 Å². The van der Waals surface area contributed by atoms with Gasteiger partial charge >= 0.3 is 189 Å². The standard InChI is InChI=1S/5Ca.H10O25P8/c;;;;;1-26(2,3)19-28(7,8)21-30(11,12)23-32(15,16)25-33(17,18)24-31(13,14)22-29(9,10)20-27(4,5)6/h;;;;;(H,7,8)(H,9,10)(H,11,12)(H,13,14)(H,15,16)(H,17,18)(H2,1,2,3)(H2,4,5,6)/q5*+2;/p-10. The first-order chi connectivity index (χ1) is 13.9. The smallest absolute Gasteiger partial charge is 0.790 e. The summed E-state index contributed by atoms with van der Waals surface area (Å²) in [5.74, 6) is 0. The molecule has 0 aliphatic rings. The molecular formula is Ca5O25P8. The Morgan fingerprint density at radius 2 is 0.368 bits per heavy atom. The van der Waals surface area contributed by atoms with E-state index in [4.69, 9.17) is 0 Å². The Morgan fingerprint density at radius 1 is 0.263 bits per heavy atom. The maximum atomic E-state index is 11.2. The molecule has 0 N–H and O–H groups in total. The van der Waals surface area contributed by atoms with E-state index in [0.29, 0.717) is 0 Å². The van der Waals surface area contributed by atoms with Crippen LogP contribution in [-0.4, -0.2) is 189 Å². The molecule has 6 atom stereocenters. The van der Waals surface area contributed by atoms with E-state index in [1.165, 1.54) is 0 Å². The first-order valence-electron chi connectivity index (χ1n) is 5.84. The van der Waals surface area contributed by atoms with Gasteiger partial charge in [-0.2, -0.15) is 0 Å². The van der Waals surface area contributed by atoms with Crippen molar-refractivity contribution >= 4 is 251 Å². The number of hydrogen-bond acceptors (Lipinski definition) is 25. The molecule has 0 aliphatic carbocycles. The van der Waals surface area contributed by atoms with Crippen LogP contribution in [-0.2, 0) is 66.7 Å². The van der Waals surface area contributed by atoms with Gasteiger partial charge in [0.1, 0.15) is 0 Å². The minimum absolute atomic E-state index is 0. The Hall–Kier alpha value is 7.46. The summed E-state index contributed by atoms with van der Waals surface area (Å²) in [4.78, 5) is 106. The monoisotopic (exact) mass is 847 g/mol. The predicted molar refractivity (Wildman–Crippen MR) is 97.2 cm³/mol. The van der Waals surface area contributed by atoms with Crippen LogP contribution in [0, 0.1) is 0 Å². The van der Waals surface area contributed by atoms with Crippen molar-refractivity contribution in [1.82, 2.24) is 0 Å². The van der Waals surface area contributed by atoms with Gasteiger partial charge in [-0.05, 0) is 0 Å². The van der Waals surface area contributed by atoms with Gasteiger partial charge in [-0.25, -0.2) is 21.6 Å². The number of hydrogen-bond donors (Lipinski definition) is 0. The summed E-state index contributed by atoms with van der Waals surface area (Å²) < 4.78 is 105. The summed E-state index contributed by atoms with van der Waals surface area (Å²) in [6.07, 6.45) is 0. The van der Waals surface area contributed by atoms with Crippen molar-refractivity contribution in [3.05, 3.63) is 0 Å². The van der Waals surface area contributed by atoms with Crippen molar-refractivity contribution in [3.8, 4) is 0 Å². The first-order valence-corrected chi connectivity index (χ1v) is 17.5. The zero-order valence-corrected chi connectivity index (χ0v) is 35.5. The molecule has 0 bridgehead atoms. The molecule has 0 aliphatic heterocycles. The van der Waals surface area contributed by atoms with Gasteiger partial charge in [0.15, 0.2) is 0 Å². The van der Waals surface area contributed by atoms with Crippen LogP contribution in [0.3, 0.4) is 0 Å². The van der Waals surface area contributed by atoms with Crippen LogP contribution >= 0.6 is 62.6 Å². The summed E-state index contributed by atoms with van der Waals surface area (Å²) in [6, 6.07) is 0. The molecule has 0 radical (unpaired) electrons. The second-order valence-electron chi connectivity index (χ2n) is 4.15. The summed E-state index contributed by atoms with van der Waals surface area (Å²) in [7, 11) is -54.6. The normalized spacial score (nSPS) is 21.1. The molecule has 0 spiro atoms. The van der Waals surface area contributed by atoms with Crippen LogP contribution < -0.4 is 48.9 Å². The van der Waals surface area contributed by atoms with Gasteiger partial charge in [-0.1, -0.05) is 0 Å². The maximum Gasteiger partial charge on any atom is 2.00 e. The van der Waals surface area contributed by atoms with Gasteiger partial charge in [0.05, 0.1) is 15.6 Å². The molecular weight excluding hydrogens is 848 g/mol. The predicted octanol–water partition coefficient (Wildman–Crippen LogP) is -8.33. The SMILES string of the molecule is O=P([O-])([O-])OP(=O)([O-])OP(=O)([O-])OP(=O)([O-])OP(=O)([O-])OP(=O)([O-])OP(=O)([O-])OP(=O)([O-])[O-].[Ca+2].[Ca+2].[Ca+2].[Ca+2].[Ca+2]. The van der Waals surface area contributed by atoms with Gasteiger partial charge in [0, 0.05) is 0 Å². The summed E-state index contributed by atoms with van der Waals surface area (Å²) in [5.41, 5.74) is 0. The average molecular weight is 848 g/mol. The Bertz CT molecular complexity index is 1020. The van der Waals surface area contributed by atoms with Crippen LogP contribution in [0.5, 0.6) is 0 Å². The van der Waals surface area contributed by atoms with Crippen molar-refractivity contribution in [3.63, 3.8) is 0 Å². The second kappa shape index (κ2) is 21.5. The molecule has 0 rings (SSSR count). The maximum absolute atomic E-state index is 11.2. The molecule has 0 fully saturated rings. The van der Waals surface area contributed by atoms with E-state index in [2.05, 4.69) is 30.2 Å². The van der Waals surface area contributed by atoms with Crippen molar-refractivity contribution < 1.29 is 116 Å². The van der Waals surface area contributed by atoms with Gasteiger partial charge in [-0.15, -0.1) is 0 Å². The Kier molecular flexibility index (Phi) is 32.7. The van der Waals surface area contributed by atoms with Gasteiger partial charge < -0.3 is 58.1 Å². The molecule has 0 heterocycles. The van der Waals surface area contributed by atoms with Crippen molar-refractivity contribution in [2.45, 2.75) is 0 Å². The van der Waals surface area contributed by atoms with E-state index in [-0.39, 0.29) is 189 Å². The fourth-order valence-electron chi connectivity index (χ4n) is 0.947. The molecule has 0 aromatic carbocycles. The van der Waals surface area contributed by atoms with E-state index >= 15 is 0 Å². The Morgan fingerprint density at radius 3 is 0.474 bits per heavy atom. The summed E-state index contributed by atoms with van der Waals surface area (Å²) in [6.45, 7) is 0. The molecule has 25 nitrogen and oxygen atoms in total. The van der Waals surface area contributed by atoms with E-state index in [1.54, 1.807) is 0 Å². The third kappa shape index (κ3) is 32.0. The fraction of sp³-hybridized carbons (Fsp3) is 0. The van der Waals surface area contributed by atoms with Gasteiger partial charge in [0.25, 0.3) is 46.9 Å². The Labute approximate surface area is 359 Å². The van der Waals surface area contributed by atoms with Crippen molar-refractivity contribution in [2.75, 3.05) is 0 Å². The topological polar surface area (TPSA) is 432 Å². The zero-order chi connectivity index (χ0) is 26.9. The van der Waals surface area contributed by atoms with E-state index in [9.17, 15) is 85.5 Å². The second-order valence-corrected chi connectivity index (χ2v) is 15.9. The minimum Gasteiger partial charge on any atom is -0.790 e. The molecule has 0 aromatic heterocycles. The molecule has 0 aromatic rings. The summed E-state index contributed by atoms with van der Waals surface area (Å²) >= 11 is 0. The number of rotatable bonds is 14. The number of phosphoric acid groups is 8. The molecule has 38 heavy (non-hydrogen) atoms. The molecule has 0 saturated carbocycles. The third-order valence-corrected chi connectivity index (χ3v) is 12.6.